The minimum Gasteiger partial charge on any atom is -0.189 e. The molecule has 1 aromatic carbocycles. The van der Waals surface area contributed by atoms with E-state index in [9.17, 15) is 13.2 Å². The van der Waals surface area contributed by atoms with Crippen molar-refractivity contribution in [1.29, 1.82) is 0 Å². The Morgan fingerprint density at radius 2 is 2.05 bits per heavy atom. The van der Waals surface area contributed by atoms with Crippen LogP contribution in [0, 0.1) is 5.92 Å². The van der Waals surface area contributed by atoms with Gasteiger partial charge in [0.15, 0.2) is 0 Å². The molecule has 0 saturated carbocycles. The van der Waals surface area contributed by atoms with Crippen molar-refractivity contribution < 1.29 is 13.2 Å². The lowest BCUT2D eigenvalue weighted by molar-refractivity contribution is -0.146. The molecule has 0 bridgehead atoms. The molecule has 0 spiro atoms. The maximum absolute atomic E-state index is 12.8. The van der Waals surface area contributed by atoms with Crippen molar-refractivity contribution in [2.75, 3.05) is 5.75 Å². The highest BCUT2D eigenvalue weighted by atomic mass is 79.9. The van der Waals surface area contributed by atoms with Crippen LogP contribution >= 0.6 is 27.7 Å². The molecule has 9 heteroatoms. The molecule has 1 aromatic heterocycles. The molecule has 0 N–H and O–H groups in total. The van der Waals surface area contributed by atoms with E-state index in [1.54, 1.807) is 30.0 Å². The fourth-order valence-corrected chi connectivity index (χ4v) is 3.12. The Morgan fingerprint density at radius 3 is 2.62 bits per heavy atom. The fraction of sp³-hybridized carbons (Fsp3) is 0.417. The van der Waals surface area contributed by atoms with Gasteiger partial charge < -0.3 is 0 Å². The van der Waals surface area contributed by atoms with E-state index in [-0.39, 0.29) is 5.69 Å². The number of halogens is 4. The van der Waals surface area contributed by atoms with Crippen molar-refractivity contribution >= 4 is 27.7 Å². The van der Waals surface area contributed by atoms with Gasteiger partial charge in [0.05, 0.1) is 5.69 Å². The molecule has 0 aliphatic carbocycles. The van der Waals surface area contributed by atoms with Crippen LogP contribution in [-0.4, -0.2) is 26.0 Å². The number of hydrogen-bond donors (Lipinski definition) is 0. The second-order valence-corrected chi connectivity index (χ2v) is 6.65. The normalized spacial score (nSPS) is 12.1. The van der Waals surface area contributed by atoms with E-state index in [0.29, 0.717) is 15.1 Å². The molecule has 0 radical (unpaired) electrons. The number of benzene rings is 1. The van der Waals surface area contributed by atoms with Gasteiger partial charge in [0.2, 0.25) is 0 Å². The first-order chi connectivity index (χ1) is 9.79. The third-order valence-electron chi connectivity index (χ3n) is 2.46. The van der Waals surface area contributed by atoms with Gasteiger partial charge in [0.25, 0.3) is 5.82 Å². The van der Waals surface area contributed by atoms with Gasteiger partial charge in [-0.1, -0.05) is 13.8 Å². The van der Waals surface area contributed by atoms with Crippen LogP contribution in [-0.2, 0) is 6.18 Å². The van der Waals surface area contributed by atoms with E-state index in [0.717, 1.165) is 10.6 Å². The van der Waals surface area contributed by atoms with Crippen LogP contribution in [0.25, 0.3) is 5.69 Å². The van der Waals surface area contributed by atoms with E-state index in [1.165, 1.54) is 0 Å². The number of nitrogens with zero attached hydrogens (tertiary/aromatic N) is 4. The summed E-state index contributed by atoms with van der Waals surface area (Å²) in [6.07, 6.45) is -4.60. The quantitative estimate of drug-likeness (QED) is 0.745. The van der Waals surface area contributed by atoms with Crippen molar-refractivity contribution in [2.24, 2.45) is 5.92 Å². The van der Waals surface area contributed by atoms with Crippen LogP contribution < -0.4 is 0 Å². The molecule has 0 atom stereocenters. The molecular weight excluding hydrogens is 369 g/mol. The van der Waals surface area contributed by atoms with Crippen molar-refractivity contribution in [2.45, 2.75) is 24.9 Å². The second kappa shape index (κ2) is 6.35. The molecule has 2 aromatic rings. The molecule has 0 saturated heterocycles. The van der Waals surface area contributed by atoms with Crippen LogP contribution in [0.15, 0.2) is 27.6 Å². The topological polar surface area (TPSA) is 43.6 Å². The molecule has 4 nitrogen and oxygen atoms in total. The van der Waals surface area contributed by atoms with Gasteiger partial charge in [-0.05, 0) is 50.5 Å². The van der Waals surface area contributed by atoms with Gasteiger partial charge in [-0.2, -0.15) is 17.9 Å². The summed E-state index contributed by atoms with van der Waals surface area (Å²) in [6, 6.07) is 4.90. The van der Waals surface area contributed by atoms with Crippen molar-refractivity contribution in [1.82, 2.24) is 20.2 Å². The predicted octanol–water partition coefficient (Wildman–Crippen LogP) is 4.19. The van der Waals surface area contributed by atoms with Gasteiger partial charge >= 0.3 is 6.18 Å². The van der Waals surface area contributed by atoms with Crippen molar-refractivity contribution in [3.05, 3.63) is 28.5 Å². The number of rotatable bonds is 4. The minimum atomic E-state index is -4.60. The largest absolute Gasteiger partial charge is 0.453 e. The fourth-order valence-electron chi connectivity index (χ4n) is 1.53. The number of thioether (sulfide) groups is 1. The van der Waals surface area contributed by atoms with Crippen molar-refractivity contribution in [3.8, 4) is 5.69 Å². The number of hydrogen-bond acceptors (Lipinski definition) is 4. The molecule has 2 rings (SSSR count). The first-order valence-electron chi connectivity index (χ1n) is 6.07. The third-order valence-corrected chi connectivity index (χ3v) is 4.87. The Balaban J connectivity index is 2.31. The van der Waals surface area contributed by atoms with E-state index >= 15 is 0 Å². The first-order valence-corrected chi connectivity index (χ1v) is 7.85. The average molecular weight is 381 g/mol. The Morgan fingerprint density at radius 1 is 1.33 bits per heavy atom. The summed E-state index contributed by atoms with van der Waals surface area (Å²) in [6.45, 7) is 4.21. The van der Waals surface area contributed by atoms with Gasteiger partial charge in [-0.15, -0.1) is 16.9 Å². The lowest BCUT2D eigenvalue weighted by atomic mass is 10.3. The molecule has 0 unspecified atom stereocenters. The molecule has 21 heavy (non-hydrogen) atoms. The first kappa shape index (κ1) is 16.3. The highest BCUT2D eigenvalue weighted by Gasteiger charge is 2.38. The van der Waals surface area contributed by atoms with Crippen molar-refractivity contribution in [3.63, 3.8) is 0 Å². The number of alkyl halides is 3. The monoisotopic (exact) mass is 380 g/mol. The van der Waals surface area contributed by atoms with E-state index < -0.39 is 12.0 Å². The smallest absolute Gasteiger partial charge is 0.189 e. The van der Waals surface area contributed by atoms with E-state index in [4.69, 9.17) is 0 Å². The Kier molecular flexibility index (Phi) is 4.92. The summed E-state index contributed by atoms with van der Waals surface area (Å²) < 4.78 is 39.7. The predicted molar refractivity (Wildman–Crippen MR) is 77.4 cm³/mol. The third kappa shape index (κ3) is 3.97. The Hall–Kier alpha value is -1.09. The summed E-state index contributed by atoms with van der Waals surface area (Å²) in [7, 11) is 0. The number of aromatic nitrogens is 4. The molecule has 1 heterocycles. The van der Waals surface area contributed by atoms with Crippen LogP contribution in [0.4, 0.5) is 13.2 Å². The Labute approximate surface area is 132 Å². The van der Waals surface area contributed by atoms with Crippen LogP contribution in [0.5, 0.6) is 0 Å². The second-order valence-electron chi connectivity index (χ2n) is 4.73. The van der Waals surface area contributed by atoms with Gasteiger partial charge in [-0.3, -0.25) is 0 Å². The van der Waals surface area contributed by atoms with Gasteiger partial charge in [-0.25, -0.2) is 0 Å². The maximum atomic E-state index is 12.8. The number of tetrazole rings is 1. The summed E-state index contributed by atoms with van der Waals surface area (Å²) in [5.41, 5.74) is 0.257. The molecule has 0 fully saturated rings. The zero-order valence-corrected chi connectivity index (χ0v) is 13.6. The zero-order valence-electron chi connectivity index (χ0n) is 11.2. The van der Waals surface area contributed by atoms with E-state index in [1.807, 2.05) is 0 Å². The zero-order chi connectivity index (χ0) is 15.6. The summed E-state index contributed by atoms with van der Waals surface area (Å²) in [4.78, 5) is 0.967. The van der Waals surface area contributed by atoms with Gasteiger partial charge in [0, 0.05) is 15.1 Å². The molecule has 0 aliphatic rings. The summed E-state index contributed by atoms with van der Waals surface area (Å²) >= 11 is 5.01. The standard InChI is InChI=1S/C12H12BrF3N4S/c1-7(2)6-21-10-4-3-8(5-9(10)13)20-11(12(14,15)16)17-18-19-20/h3-5,7H,6H2,1-2H3. The molecule has 0 amide bonds. The van der Waals surface area contributed by atoms with Crippen LogP contribution in [0.3, 0.4) is 0 Å². The highest BCUT2D eigenvalue weighted by Crippen LogP contribution is 2.32. The lowest BCUT2D eigenvalue weighted by Crippen LogP contribution is -2.14. The lowest BCUT2D eigenvalue weighted by Gasteiger charge is -2.10. The highest BCUT2D eigenvalue weighted by molar-refractivity contribution is 9.10. The summed E-state index contributed by atoms with van der Waals surface area (Å²) in [5.74, 6) is 0.311. The maximum Gasteiger partial charge on any atom is 0.453 e. The SMILES string of the molecule is CC(C)CSc1ccc(-n2nnnc2C(F)(F)F)cc1Br. The molecule has 0 aliphatic heterocycles. The van der Waals surface area contributed by atoms with E-state index in [2.05, 4.69) is 45.3 Å². The van der Waals surface area contributed by atoms with Crippen LogP contribution in [0.1, 0.15) is 19.7 Å². The molecule has 114 valence electrons. The minimum absolute atomic E-state index is 0.257. The van der Waals surface area contributed by atoms with Crippen LogP contribution in [0.2, 0.25) is 0 Å². The summed E-state index contributed by atoms with van der Waals surface area (Å²) in [5, 5.41) is 9.54. The molecular formula is C12H12BrF3N4S. The van der Waals surface area contributed by atoms with Gasteiger partial charge in [0.1, 0.15) is 0 Å². The average Bonchev–Trinajstić information content (AvgIpc) is 2.86. The Bertz CT molecular complexity index is 627.